The first-order valence-corrected chi connectivity index (χ1v) is 27.5. The first-order valence-electron chi connectivity index (χ1n) is 27.5. The summed E-state index contributed by atoms with van der Waals surface area (Å²) in [5.41, 5.74) is 8.82. The van der Waals surface area contributed by atoms with Crippen molar-refractivity contribution in [3.63, 3.8) is 0 Å². The fourth-order valence-corrected chi connectivity index (χ4v) is 9.61. The number of rotatable bonds is 17. The number of cyclic esters (lactones) is 2. The van der Waals surface area contributed by atoms with Crippen LogP contribution in [0, 0.1) is 21.7 Å². The lowest BCUT2D eigenvalue weighted by molar-refractivity contribution is -0.384. The van der Waals surface area contributed by atoms with E-state index in [-0.39, 0.29) is 43.7 Å². The van der Waals surface area contributed by atoms with E-state index in [1.807, 2.05) is 39.0 Å². The number of amides is 6. The van der Waals surface area contributed by atoms with E-state index in [1.165, 1.54) is 34.1 Å². The topological polar surface area (TPSA) is 252 Å². The number of nitrogens with one attached hydrogen (secondary N) is 2. The Kier molecular flexibility index (Phi) is 20.4. The van der Waals surface area contributed by atoms with E-state index in [1.54, 1.807) is 82.8 Å². The van der Waals surface area contributed by atoms with Gasteiger partial charge in [0.25, 0.3) is 5.69 Å². The van der Waals surface area contributed by atoms with E-state index >= 15 is 8.78 Å². The fraction of sp³-hybridized carbons (Fsp3) is 0.483. The second kappa shape index (κ2) is 27.3. The summed E-state index contributed by atoms with van der Waals surface area (Å²) in [4.78, 5) is 94.4. The molecule has 0 aliphatic carbocycles. The van der Waals surface area contributed by atoms with Gasteiger partial charge in [-0.1, -0.05) is 24.3 Å². The Balaban J connectivity index is 0.000000236. The largest absolute Gasteiger partial charge is 0.444 e. The van der Waals surface area contributed by atoms with Crippen LogP contribution in [-0.2, 0) is 41.4 Å². The number of non-ortho nitro benzene ring substituents is 1. The van der Waals surface area contributed by atoms with Gasteiger partial charge in [0, 0.05) is 83.0 Å². The number of halogens is 2. The van der Waals surface area contributed by atoms with E-state index in [2.05, 4.69) is 10.6 Å². The van der Waals surface area contributed by atoms with Crippen molar-refractivity contribution in [2.75, 3.05) is 104 Å². The number of hydrogen-bond donors (Lipinski definition) is 3. The summed E-state index contributed by atoms with van der Waals surface area (Å²) >= 11 is 0. The van der Waals surface area contributed by atoms with Crippen molar-refractivity contribution in [1.29, 1.82) is 0 Å². The van der Waals surface area contributed by atoms with Gasteiger partial charge in [0.15, 0.2) is 0 Å². The number of piperazine rings is 2. The summed E-state index contributed by atoms with van der Waals surface area (Å²) in [6, 6.07) is 23.2. The van der Waals surface area contributed by atoms with Gasteiger partial charge in [0.1, 0.15) is 35.0 Å². The zero-order valence-corrected chi connectivity index (χ0v) is 47.3. The number of hydrogen-bond acceptors (Lipinski definition) is 15. The first-order chi connectivity index (χ1) is 38.9. The highest BCUT2D eigenvalue weighted by Crippen LogP contribution is 2.31. The van der Waals surface area contributed by atoms with E-state index in [4.69, 9.17) is 24.7 Å². The molecule has 82 heavy (non-hydrogen) atoms. The monoisotopic (exact) mass is 1140 g/mol. The molecule has 4 aromatic carbocycles. The lowest BCUT2D eigenvalue weighted by Gasteiger charge is -2.36. The lowest BCUT2D eigenvalue weighted by atomic mass is 10.1. The fourth-order valence-electron chi connectivity index (χ4n) is 9.61. The minimum absolute atomic E-state index is 0.0237. The van der Waals surface area contributed by atoms with Gasteiger partial charge >= 0.3 is 24.4 Å². The molecule has 0 radical (unpaired) electrons. The van der Waals surface area contributed by atoms with E-state index < -0.39 is 64.3 Å². The highest BCUT2D eigenvalue weighted by atomic mass is 19.1. The smallest absolute Gasteiger partial charge is 0.414 e. The maximum atomic E-state index is 15.2. The molecule has 8 rings (SSSR count). The van der Waals surface area contributed by atoms with Crippen molar-refractivity contribution in [3.8, 4) is 0 Å². The van der Waals surface area contributed by atoms with Crippen LogP contribution in [0.4, 0.5) is 62.1 Å². The third-order valence-corrected chi connectivity index (χ3v) is 13.8. The van der Waals surface area contributed by atoms with E-state index in [0.29, 0.717) is 101 Å². The molecule has 442 valence electrons. The molecule has 4 fully saturated rings. The number of alkyl carbamates (subject to hydrolysis) is 2. The Morgan fingerprint density at radius 3 is 1.34 bits per heavy atom. The van der Waals surface area contributed by atoms with Gasteiger partial charge in [-0.3, -0.25) is 29.5 Å². The van der Waals surface area contributed by atoms with Crippen LogP contribution in [0.25, 0.3) is 0 Å². The second-order valence-corrected chi connectivity index (χ2v) is 22.4. The van der Waals surface area contributed by atoms with Crippen LogP contribution < -0.4 is 36.0 Å². The molecular weight excluding hydrogens is 1070 g/mol. The maximum absolute atomic E-state index is 15.2. The molecule has 4 saturated heterocycles. The lowest BCUT2D eigenvalue weighted by Crippen LogP contribution is -2.49. The normalized spacial score (nSPS) is 17.4. The number of nitrogen functional groups attached to an aromatic ring is 1. The van der Waals surface area contributed by atoms with Crippen LogP contribution in [-0.4, -0.2) is 153 Å². The zero-order valence-electron chi connectivity index (χ0n) is 47.3. The maximum Gasteiger partial charge on any atom is 0.414 e. The van der Waals surface area contributed by atoms with E-state index in [9.17, 15) is 38.9 Å². The Labute approximate surface area is 475 Å². The van der Waals surface area contributed by atoms with Crippen LogP contribution in [0.15, 0.2) is 84.9 Å². The van der Waals surface area contributed by atoms with E-state index in [0.717, 1.165) is 29.7 Å². The third-order valence-electron chi connectivity index (χ3n) is 13.8. The molecule has 0 unspecified atom stereocenters. The Morgan fingerprint density at radius 2 is 0.988 bits per heavy atom. The van der Waals surface area contributed by atoms with Gasteiger partial charge in [0.2, 0.25) is 11.8 Å². The highest BCUT2D eigenvalue weighted by Gasteiger charge is 2.36. The molecule has 4 heterocycles. The predicted octanol–water partition coefficient (Wildman–Crippen LogP) is 8.18. The molecule has 22 nitrogen and oxygen atoms in total. The van der Waals surface area contributed by atoms with Gasteiger partial charge in [-0.25, -0.2) is 28.0 Å². The summed E-state index contributed by atoms with van der Waals surface area (Å²) in [6.07, 6.45) is 0.0434. The molecule has 0 saturated carbocycles. The average Bonchev–Trinajstić information content (AvgIpc) is 4.22. The van der Waals surface area contributed by atoms with Crippen LogP contribution in [0.1, 0.15) is 78.4 Å². The number of nitrogens with zero attached hydrogens (tertiary/aromatic N) is 7. The summed E-state index contributed by atoms with van der Waals surface area (Å²) in [5, 5.41) is 16.0. The number of nitro groups is 1. The number of nitro benzene ring substituents is 1. The van der Waals surface area contributed by atoms with Crippen molar-refractivity contribution >= 4 is 70.3 Å². The molecule has 0 aromatic heterocycles. The highest BCUT2D eigenvalue weighted by molar-refractivity contribution is 5.91. The SMILES string of the molecule is CC(C)(C)OC(=O)NC[C@H]1CN(c2ccc(N3CCN(C(=O)CCCc4ccc(N)cc4)CC3)c(F)c2)C(=O)O1.CC(C)(C)OC(=O)NC[C@H]1CN(c2ccc(N3CCN(C(=O)CCCc4ccc([N+](=O)[O-])cc4)CC3)c(F)c2)C(=O)O1. The Morgan fingerprint density at radius 1 is 0.610 bits per heavy atom. The quantitative estimate of drug-likeness (QED) is 0.0390. The number of nitrogens with two attached hydrogens (primary N) is 1. The molecule has 24 heteroatoms. The van der Waals surface area contributed by atoms with Crippen molar-refractivity contribution in [2.45, 2.75) is 103 Å². The molecule has 0 spiro atoms. The summed E-state index contributed by atoms with van der Waals surface area (Å²) in [5.74, 6) is -0.813. The van der Waals surface area contributed by atoms with Gasteiger partial charge in [-0.05, 0) is 127 Å². The molecule has 6 amide bonds. The number of carbonyl (C=O) groups excluding carboxylic acids is 6. The number of aryl methyl sites for hydroxylation is 2. The zero-order chi connectivity index (χ0) is 59.3. The molecule has 0 bridgehead atoms. The number of benzene rings is 4. The Bertz CT molecular complexity index is 2900. The van der Waals surface area contributed by atoms with Crippen molar-refractivity contribution in [3.05, 3.63) is 118 Å². The molecule has 4 aliphatic heterocycles. The summed E-state index contributed by atoms with van der Waals surface area (Å²) < 4.78 is 51.3. The average molecular weight is 1140 g/mol. The first kappa shape index (κ1) is 61.2. The number of ether oxygens (including phenoxy) is 4. The van der Waals surface area contributed by atoms with Crippen LogP contribution in [0.3, 0.4) is 0 Å². The molecule has 4 aliphatic rings. The molecule has 4 aromatic rings. The third kappa shape index (κ3) is 17.8. The van der Waals surface area contributed by atoms with Gasteiger partial charge in [-0.15, -0.1) is 0 Å². The number of anilines is 5. The van der Waals surface area contributed by atoms with Crippen molar-refractivity contribution in [2.24, 2.45) is 0 Å². The van der Waals surface area contributed by atoms with Crippen molar-refractivity contribution in [1.82, 2.24) is 20.4 Å². The second-order valence-electron chi connectivity index (χ2n) is 22.4. The molecule has 2 atom stereocenters. The predicted molar refractivity (Wildman–Crippen MR) is 304 cm³/mol. The summed E-state index contributed by atoms with van der Waals surface area (Å²) in [6.45, 7) is 14.9. The molecular formula is C58H74F2N10O12. The van der Waals surface area contributed by atoms with Crippen molar-refractivity contribution < 1.29 is 61.4 Å². The Hall–Kier alpha value is -8.44. The van der Waals surface area contributed by atoms with Gasteiger partial charge in [-0.2, -0.15) is 0 Å². The minimum atomic E-state index is -0.650. The van der Waals surface area contributed by atoms with Crippen LogP contribution >= 0.6 is 0 Å². The minimum Gasteiger partial charge on any atom is -0.444 e. The number of carbonyl (C=O) groups is 6. The molecule has 4 N–H and O–H groups in total. The van der Waals surface area contributed by atoms with Crippen LogP contribution in [0.5, 0.6) is 0 Å². The summed E-state index contributed by atoms with van der Waals surface area (Å²) in [7, 11) is 0. The van der Waals surface area contributed by atoms with Crippen LogP contribution in [0.2, 0.25) is 0 Å². The standard InChI is InChI=1S/C29H36FN5O7.C29H38FN5O5/c1-29(2,3)42-27(37)31-18-23-19-34(28(38)41-23)22-11-12-25(24(30)17-22)32-13-15-33(16-14-32)26(36)6-4-5-20-7-9-21(10-8-20)35(39)40;1-29(2,3)40-27(37)32-18-23-19-35(28(38)39-23)22-11-12-25(24(30)17-22)33-13-15-34(16-14-33)26(36)6-4-5-20-7-9-21(31)10-8-20/h7-12,17,23H,4-6,13-16,18-19H2,1-3H3,(H,31,37);7-12,17,23H,4-6,13-16,18-19,31H2,1-3H3,(H,32,37)/t2*23-/m00/s1. The van der Waals surface area contributed by atoms with Gasteiger partial charge < -0.3 is 54.9 Å². The van der Waals surface area contributed by atoms with Gasteiger partial charge in [0.05, 0.1) is 53.9 Å².